The van der Waals surface area contributed by atoms with Crippen molar-refractivity contribution >= 4 is 23.9 Å². The van der Waals surface area contributed by atoms with Gasteiger partial charge in [0, 0.05) is 104 Å². The minimum absolute atomic E-state index is 0.0354. The van der Waals surface area contributed by atoms with Crippen molar-refractivity contribution in [1.82, 2.24) is 24.2 Å². The number of carbonyl (C=O) groups is 3. The minimum atomic E-state index is -0.437. The van der Waals surface area contributed by atoms with Gasteiger partial charge in [-0.2, -0.15) is 5.26 Å². The van der Waals surface area contributed by atoms with Gasteiger partial charge in [0.05, 0.1) is 25.7 Å². The minimum Gasteiger partial charge on any atom is -0.508 e. The third-order valence-corrected chi connectivity index (χ3v) is 15.2. The van der Waals surface area contributed by atoms with Crippen molar-refractivity contribution in [2.75, 3.05) is 70.5 Å². The number of likely N-dealkylation sites (tertiary alicyclic amines) is 1. The molecule has 1 unspecified atom stereocenters. The second kappa shape index (κ2) is 27.3. The van der Waals surface area contributed by atoms with Crippen LogP contribution < -0.4 is 9.64 Å². The van der Waals surface area contributed by atoms with E-state index in [4.69, 9.17) is 14.7 Å². The number of hydrogen-bond donors (Lipinski definition) is 1. The lowest BCUT2D eigenvalue weighted by Crippen LogP contribution is -2.51. The molecule has 1 atom stereocenters. The van der Waals surface area contributed by atoms with Crippen molar-refractivity contribution in [3.63, 3.8) is 0 Å². The summed E-state index contributed by atoms with van der Waals surface area (Å²) in [6.45, 7) is 22.6. The molecule has 77 heavy (non-hydrogen) atoms. The molecule has 0 saturated carbocycles. The number of halogens is 1. The number of phenolic OH excluding ortho intramolecular Hbond substituents is 1. The Morgan fingerprint density at radius 2 is 1.57 bits per heavy atom. The maximum absolute atomic E-state index is 15.3. The number of anilines is 1. The molecule has 408 valence electrons. The molecule has 0 aliphatic carbocycles. The molecule has 2 saturated heterocycles. The zero-order chi connectivity index (χ0) is 55.2. The van der Waals surface area contributed by atoms with Crippen LogP contribution >= 0.6 is 0 Å². The van der Waals surface area contributed by atoms with Crippen LogP contribution in [0.15, 0.2) is 108 Å². The van der Waals surface area contributed by atoms with E-state index in [1.807, 2.05) is 38.7 Å². The van der Waals surface area contributed by atoms with E-state index >= 15 is 9.18 Å². The first-order valence-electron chi connectivity index (χ1n) is 27.4. The molecule has 14 heteroatoms. The predicted octanol–water partition coefficient (Wildman–Crippen LogP) is 10.5. The molecular weight excluding hydrogens is 970 g/mol. The zero-order valence-corrected chi connectivity index (χ0v) is 46.5. The average molecular weight is 1050 g/mol. The normalized spacial score (nSPS) is 16.6. The number of allylic oxidation sites excluding steroid dienone is 3. The van der Waals surface area contributed by atoms with E-state index in [0.717, 1.165) is 86.9 Å². The molecule has 0 radical (unpaired) electrons. The quantitative estimate of drug-likeness (QED) is 0.0655. The lowest BCUT2D eigenvalue weighted by molar-refractivity contribution is -0.131. The van der Waals surface area contributed by atoms with Crippen molar-refractivity contribution in [2.45, 2.75) is 106 Å². The lowest BCUT2D eigenvalue weighted by Gasteiger charge is -2.41. The summed E-state index contributed by atoms with van der Waals surface area (Å²) in [6, 6.07) is 28.2. The number of piperidine rings is 1. The van der Waals surface area contributed by atoms with Gasteiger partial charge < -0.3 is 33.8 Å². The number of morpholine rings is 1. The predicted molar refractivity (Wildman–Crippen MR) is 302 cm³/mol. The van der Waals surface area contributed by atoms with Gasteiger partial charge in [-0.1, -0.05) is 56.2 Å². The number of hydrogen-bond acceptors (Lipinski definition) is 9. The maximum atomic E-state index is 15.3. The van der Waals surface area contributed by atoms with Crippen LogP contribution in [0.25, 0.3) is 11.3 Å². The topological polar surface area (TPSA) is 135 Å². The van der Waals surface area contributed by atoms with Crippen LogP contribution in [0.1, 0.15) is 103 Å². The average Bonchev–Trinajstić information content (AvgIpc) is 3.72. The Hall–Kier alpha value is -7.05. The number of fused-ring (bicyclic) bond motifs is 2. The summed E-state index contributed by atoms with van der Waals surface area (Å²) in [5.74, 6) is 0.0689. The van der Waals surface area contributed by atoms with Crippen molar-refractivity contribution in [2.24, 2.45) is 7.05 Å². The Balaban J connectivity index is 0.000000347. The summed E-state index contributed by atoms with van der Waals surface area (Å²) in [5, 5.41) is 18.1. The van der Waals surface area contributed by atoms with Crippen LogP contribution in [-0.4, -0.2) is 119 Å². The summed E-state index contributed by atoms with van der Waals surface area (Å²) >= 11 is 0. The zero-order valence-electron chi connectivity index (χ0n) is 46.5. The molecule has 4 aliphatic heterocycles. The third-order valence-electron chi connectivity index (χ3n) is 15.2. The Kier molecular flexibility index (Phi) is 20.5. The number of carbonyl (C=O) groups excluding carboxylic acids is 3. The number of phenols is 1. The van der Waals surface area contributed by atoms with Crippen molar-refractivity contribution < 1.29 is 33.4 Å². The fourth-order valence-electron chi connectivity index (χ4n) is 10.6. The largest absolute Gasteiger partial charge is 0.508 e. The van der Waals surface area contributed by atoms with Gasteiger partial charge in [-0.3, -0.25) is 24.2 Å². The Morgan fingerprint density at radius 1 is 0.857 bits per heavy atom. The third kappa shape index (κ3) is 14.5. The molecule has 1 N–H and O–H groups in total. The lowest BCUT2D eigenvalue weighted by atomic mass is 9.89. The van der Waals surface area contributed by atoms with Gasteiger partial charge in [0.1, 0.15) is 23.9 Å². The van der Waals surface area contributed by atoms with Gasteiger partial charge in [0.15, 0.2) is 0 Å². The van der Waals surface area contributed by atoms with Crippen LogP contribution in [0, 0.1) is 31.0 Å². The number of nitrogens with zero attached hydrogens (tertiary/aromatic N) is 7. The summed E-state index contributed by atoms with van der Waals surface area (Å²) in [7, 11) is 2.07. The molecule has 2 fully saturated rings. The summed E-state index contributed by atoms with van der Waals surface area (Å²) < 4.78 is 28.8. The second-order valence-electron chi connectivity index (χ2n) is 20.6. The highest BCUT2D eigenvalue weighted by atomic mass is 19.1. The molecule has 0 spiro atoms. The SMILES string of the molecule is CC.CC(C)=C(/C=C(\C)C#N)N(C=O)c1ccc(O)cc1.Cc1cc(-c2cc3c(cc2C(=O)N2Cc4ccccc4CC2CN2CCCCC2)CN(C(=O)Cc2ccc(OCCN4CCOCC4)cc2F)CC3)n(C)c1C. The van der Waals surface area contributed by atoms with Crippen LogP contribution in [0.3, 0.4) is 0 Å². The number of aromatic nitrogens is 1. The maximum Gasteiger partial charge on any atom is 0.255 e. The highest BCUT2D eigenvalue weighted by Gasteiger charge is 2.35. The van der Waals surface area contributed by atoms with Crippen LogP contribution in [0.2, 0.25) is 0 Å². The number of aryl methyl sites for hydroxylation is 1. The van der Waals surface area contributed by atoms with E-state index in [0.29, 0.717) is 72.9 Å². The summed E-state index contributed by atoms with van der Waals surface area (Å²) in [5.41, 5.74) is 12.7. The first-order chi connectivity index (χ1) is 37.2. The molecule has 1 aromatic heterocycles. The van der Waals surface area contributed by atoms with Gasteiger partial charge in [-0.15, -0.1) is 0 Å². The molecule has 9 rings (SSSR count). The number of benzene rings is 4. The van der Waals surface area contributed by atoms with E-state index < -0.39 is 5.82 Å². The van der Waals surface area contributed by atoms with Crippen molar-refractivity contribution in [1.29, 1.82) is 5.26 Å². The number of rotatable bonds is 14. The molecule has 5 heterocycles. The first-order valence-corrected chi connectivity index (χ1v) is 27.4. The van der Waals surface area contributed by atoms with Gasteiger partial charge in [-0.05, 0) is 161 Å². The molecule has 0 bridgehead atoms. The fraction of sp³-hybridized carbons (Fsp3) is 0.429. The molecule has 4 aliphatic rings. The smallest absolute Gasteiger partial charge is 0.255 e. The van der Waals surface area contributed by atoms with E-state index in [2.05, 4.69) is 82.6 Å². The van der Waals surface area contributed by atoms with Crippen LogP contribution in [0.5, 0.6) is 11.5 Å². The molecule has 4 aromatic carbocycles. The van der Waals surface area contributed by atoms with Gasteiger partial charge in [-0.25, -0.2) is 4.39 Å². The molecule has 5 aromatic rings. The summed E-state index contributed by atoms with van der Waals surface area (Å²) in [4.78, 5) is 50.5. The van der Waals surface area contributed by atoms with Gasteiger partial charge in [0.25, 0.3) is 5.91 Å². The standard InChI is InChI=1S/C46H56FN5O4.C15H16N2O2.C2H6/c1-32-23-44(48(3)33(32)2)41-25-35-13-16-51(45(53)27-36-11-12-40(28-43(36)47)56-22-19-49-17-20-55-21-18-49)29-38(35)26-42(41)46(54)52-30-37-10-6-5-9-34(37)24-39(52)31-50-14-7-4-8-15-50;1-11(2)15(8-12(3)9-16)17(10-18)13-4-6-14(19)7-5-13;1-2/h5-6,9-12,23,25-26,28,39H,4,7-8,13-22,24,27,29-31H2,1-3H3;4-8,10,19H,1-3H3;1-2H3/b;12-8+;. The monoisotopic (exact) mass is 1050 g/mol. The number of ether oxygens (including phenoxy) is 2. The summed E-state index contributed by atoms with van der Waals surface area (Å²) in [6.07, 6.45) is 7.50. The second-order valence-corrected chi connectivity index (χ2v) is 20.6. The Labute approximate surface area is 455 Å². The highest BCUT2D eigenvalue weighted by Crippen LogP contribution is 2.36. The molecule has 13 nitrogen and oxygen atoms in total. The number of aromatic hydroxyl groups is 1. The van der Waals surface area contributed by atoms with Crippen molar-refractivity contribution in [3.8, 4) is 28.8 Å². The molecule has 3 amide bonds. The van der Waals surface area contributed by atoms with E-state index in [1.54, 1.807) is 37.3 Å². The Bertz CT molecular complexity index is 2960. The van der Waals surface area contributed by atoms with E-state index in [1.165, 1.54) is 64.7 Å². The first kappa shape index (κ1) is 57.7. The van der Waals surface area contributed by atoms with Crippen molar-refractivity contribution in [3.05, 3.63) is 158 Å². The van der Waals surface area contributed by atoms with E-state index in [-0.39, 0.29) is 30.0 Å². The van der Waals surface area contributed by atoms with Gasteiger partial charge >= 0.3 is 0 Å². The fourth-order valence-corrected chi connectivity index (χ4v) is 10.6. The Morgan fingerprint density at radius 3 is 2.22 bits per heavy atom. The highest BCUT2D eigenvalue weighted by molar-refractivity contribution is 6.01. The number of amides is 3. The van der Waals surface area contributed by atoms with E-state index in [9.17, 15) is 14.7 Å². The number of nitriles is 1. The van der Waals surface area contributed by atoms with Gasteiger partial charge in [0.2, 0.25) is 12.3 Å². The van der Waals surface area contributed by atoms with Crippen LogP contribution in [-0.2, 0) is 53.7 Å². The molecular formula is C63H78FN7O6. The van der Waals surface area contributed by atoms with Crippen LogP contribution in [0.4, 0.5) is 10.1 Å².